The molecule has 2 N–H and O–H groups in total. The van der Waals surface area contributed by atoms with Gasteiger partial charge in [-0.2, -0.15) is 0 Å². The van der Waals surface area contributed by atoms with Crippen molar-refractivity contribution < 1.29 is 14.3 Å². The first kappa shape index (κ1) is 15.1. The van der Waals surface area contributed by atoms with Crippen molar-refractivity contribution in [3.05, 3.63) is 42.0 Å². The molecule has 1 aliphatic carbocycles. The fraction of sp³-hybridized carbons (Fsp3) is 0.375. The maximum Gasteiger partial charge on any atom is 0.276 e. The summed E-state index contributed by atoms with van der Waals surface area (Å²) in [6.45, 7) is 1.85. The molecule has 1 aromatic carbocycles. The van der Waals surface area contributed by atoms with E-state index in [0.29, 0.717) is 5.75 Å². The van der Waals surface area contributed by atoms with Gasteiger partial charge in [0, 0.05) is 5.92 Å². The van der Waals surface area contributed by atoms with Crippen molar-refractivity contribution in [1.29, 1.82) is 0 Å². The van der Waals surface area contributed by atoms with Gasteiger partial charge in [0.1, 0.15) is 5.75 Å². The van der Waals surface area contributed by atoms with Gasteiger partial charge in [-0.15, -0.1) is 0 Å². The number of hydrogen-bond acceptors (Lipinski definition) is 3. The van der Waals surface area contributed by atoms with Crippen LogP contribution in [0.15, 0.2) is 36.4 Å². The summed E-state index contributed by atoms with van der Waals surface area (Å²) < 4.78 is 5.33. The third kappa shape index (κ3) is 4.95. The highest BCUT2D eigenvalue weighted by Gasteiger charge is 2.18. The second kappa shape index (κ2) is 7.47. The molecule has 1 aromatic rings. The fourth-order valence-electron chi connectivity index (χ4n) is 2.08. The zero-order chi connectivity index (χ0) is 15.1. The van der Waals surface area contributed by atoms with Gasteiger partial charge >= 0.3 is 0 Å². The summed E-state index contributed by atoms with van der Waals surface area (Å²) in [7, 11) is 0. The van der Waals surface area contributed by atoms with Crippen LogP contribution in [0.2, 0.25) is 0 Å². The van der Waals surface area contributed by atoms with E-state index in [9.17, 15) is 9.59 Å². The standard InChI is InChI=1S/C16H20N2O3/c1-12-7-9-14(10-8-12)21-11-15(19)17-18-16(20)13-5-3-2-4-6-13/h2-3,7-10,13H,4-6,11H2,1H3,(H,17,19)(H,18,20)/t13-/m0/s1. The summed E-state index contributed by atoms with van der Waals surface area (Å²) in [5, 5.41) is 0. The molecule has 21 heavy (non-hydrogen) atoms. The van der Waals surface area contributed by atoms with Gasteiger partial charge in [0.2, 0.25) is 5.91 Å². The number of amides is 2. The first-order valence-corrected chi connectivity index (χ1v) is 7.08. The Morgan fingerprint density at radius 1 is 1.19 bits per heavy atom. The van der Waals surface area contributed by atoms with Crippen LogP contribution in [0.25, 0.3) is 0 Å². The van der Waals surface area contributed by atoms with Gasteiger partial charge in [-0.1, -0.05) is 29.8 Å². The number of benzene rings is 1. The number of rotatable bonds is 4. The van der Waals surface area contributed by atoms with E-state index in [2.05, 4.69) is 16.9 Å². The molecular formula is C16H20N2O3. The summed E-state index contributed by atoms with van der Waals surface area (Å²) in [4.78, 5) is 23.4. The molecule has 0 aliphatic heterocycles. The number of ether oxygens (including phenoxy) is 1. The van der Waals surface area contributed by atoms with E-state index in [0.717, 1.165) is 24.8 Å². The predicted molar refractivity (Wildman–Crippen MR) is 79.4 cm³/mol. The molecule has 1 aliphatic rings. The zero-order valence-corrected chi connectivity index (χ0v) is 12.1. The third-order valence-electron chi connectivity index (χ3n) is 3.36. The van der Waals surface area contributed by atoms with Crippen LogP contribution in [0.4, 0.5) is 0 Å². The molecule has 5 nitrogen and oxygen atoms in total. The van der Waals surface area contributed by atoms with Crippen molar-refractivity contribution >= 4 is 11.8 Å². The molecular weight excluding hydrogens is 268 g/mol. The average molecular weight is 288 g/mol. The number of carbonyl (C=O) groups excluding carboxylic acids is 2. The molecule has 2 amide bonds. The van der Waals surface area contributed by atoms with Crippen LogP contribution in [-0.2, 0) is 9.59 Å². The molecule has 0 unspecified atom stereocenters. The highest BCUT2D eigenvalue weighted by molar-refractivity contribution is 5.84. The lowest BCUT2D eigenvalue weighted by atomic mass is 9.94. The Labute approximate surface area is 124 Å². The maximum absolute atomic E-state index is 11.8. The molecule has 0 heterocycles. The first-order valence-electron chi connectivity index (χ1n) is 7.08. The Kier molecular flexibility index (Phi) is 5.37. The second-order valence-corrected chi connectivity index (χ2v) is 5.12. The van der Waals surface area contributed by atoms with E-state index >= 15 is 0 Å². The molecule has 0 bridgehead atoms. The quantitative estimate of drug-likeness (QED) is 0.656. The lowest BCUT2D eigenvalue weighted by Crippen LogP contribution is -2.46. The smallest absolute Gasteiger partial charge is 0.276 e. The topological polar surface area (TPSA) is 67.4 Å². The number of aryl methyl sites for hydroxylation is 1. The Hall–Kier alpha value is -2.30. The van der Waals surface area contributed by atoms with Gasteiger partial charge < -0.3 is 4.74 Å². The zero-order valence-electron chi connectivity index (χ0n) is 12.1. The van der Waals surface area contributed by atoms with Crippen LogP contribution < -0.4 is 15.6 Å². The molecule has 5 heteroatoms. The second-order valence-electron chi connectivity index (χ2n) is 5.12. The highest BCUT2D eigenvalue weighted by Crippen LogP contribution is 2.17. The highest BCUT2D eigenvalue weighted by atomic mass is 16.5. The number of hydrogen-bond donors (Lipinski definition) is 2. The van der Waals surface area contributed by atoms with Gasteiger partial charge in [0.05, 0.1) is 0 Å². The Bertz CT molecular complexity index is 523. The van der Waals surface area contributed by atoms with Crippen LogP contribution >= 0.6 is 0 Å². The van der Waals surface area contributed by atoms with Crippen molar-refractivity contribution in [1.82, 2.24) is 10.9 Å². The molecule has 0 radical (unpaired) electrons. The van der Waals surface area contributed by atoms with Gasteiger partial charge in [-0.05, 0) is 38.3 Å². The number of carbonyl (C=O) groups is 2. The molecule has 112 valence electrons. The molecule has 2 rings (SSSR count). The summed E-state index contributed by atoms with van der Waals surface area (Å²) in [6.07, 6.45) is 6.51. The number of hydrazine groups is 1. The largest absolute Gasteiger partial charge is 0.484 e. The van der Waals surface area contributed by atoms with Crippen LogP contribution in [0.1, 0.15) is 24.8 Å². The Balaban J connectivity index is 1.68. The van der Waals surface area contributed by atoms with Crippen LogP contribution in [0.5, 0.6) is 5.75 Å². The molecule has 0 saturated heterocycles. The van der Waals surface area contributed by atoms with Crippen LogP contribution in [0, 0.1) is 12.8 Å². The van der Waals surface area contributed by atoms with E-state index in [1.54, 1.807) is 12.1 Å². The average Bonchev–Trinajstić information content (AvgIpc) is 2.53. The lowest BCUT2D eigenvalue weighted by molar-refractivity contribution is -0.132. The van der Waals surface area contributed by atoms with E-state index in [-0.39, 0.29) is 24.3 Å². The minimum Gasteiger partial charge on any atom is -0.484 e. The van der Waals surface area contributed by atoms with Gasteiger partial charge in [-0.25, -0.2) is 0 Å². The van der Waals surface area contributed by atoms with Crippen molar-refractivity contribution in [2.24, 2.45) is 5.92 Å². The van der Waals surface area contributed by atoms with E-state index in [1.807, 2.05) is 25.1 Å². The summed E-state index contributed by atoms with van der Waals surface area (Å²) in [5.41, 5.74) is 5.94. The molecule has 0 spiro atoms. The minimum absolute atomic E-state index is 0.0617. The number of allylic oxidation sites excluding steroid dienone is 2. The minimum atomic E-state index is -0.379. The predicted octanol–water partition coefficient (Wildman–Crippen LogP) is 1.88. The van der Waals surface area contributed by atoms with Crippen molar-refractivity contribution in [3.8, 4) is 5.75 Å². The fourth-order valence-corrected chi connectivity index (χ4v) is 2.08. The normalized spacial score (nSPS) is 17.1. The first-order chi connectivity index (χ1) is 10.1. The van der Waals surface area contributed by atoms with Crippen molar-refractivity contribution in [3.63, 3.8) is 0 Å². The maximum atomic E-state index is 11.8. The molecule has 0 saturated carbocycles. The number of nitrogens with one attached hydrogen (secondary N) is 2. The Morgan fingerprint density at radius 3 is 2.62 bits per heavy atom. The van der Waals surface area contributed by atoms with Gasteiger partial charge in [0.15, 0.2) is 6.61 Å². The van der Waals surface area contributed by atoms with E-state index in [4.69, 9.17) is 4.74 Å². The van der Waals surface area contributed by atoms with Crippen LogP contribution in [-0.4, -0.2) is 18.4 Å². The van der Waals surface area contributed by atoms with Crippen molar-refractivity contribution in [2.75, 3.05) is 6.61 Å². The molecule has 0 aromatic heterocycles. The van der Waals surface area contributed by atoms with Crippen LogP contribution in [0.3, 0.4) is 0 Å². The molecule has 1 atom stereocenters. The van der Waals surface area contributed by atoms with Gasteiger partial charge in [0.25, 0.3) is 5.91 Å². The summed E-state index contributed by atoms with van der Waals surface area (Å²) in [5.74, 6) is 0.0334. The Morgan fingerprint density at radius 2 is 1.95 bits per heavy atom. The van der Waals surface area contributed by atoms with E-state index < -0.39 is 0 Å². The summed E-state index contributed by atoms with van der Waals surface area (Å²) >= 11 is 0. The molecule has 0 fully saturated rings. The summed E-state index contributed by atoms with van der Waals surface area (Å²) in [6, 6.07) is 7.42. The van der Waals surface area contributed by atoms with Crippen molar-refractivity contribution in [2.45, 2.75) is 26.2 Å². The van der Waals surface area contributed by atoms with Gasteiger partial charge in [-0.3, -0.25) is 20.4 Å². The SMILES string of the molecule is Cc1ccc(OCC(=O)NNC(=O)[C@H]2CC=CCC2)cc1. The van der Waals surface area contributed by atoms with E-state index in [1.165, 1.54) is 0 Å². The monoisotopic (exact) mass is 288 g/mol. The third-order valence-corrected chi connectivity index (χ3v) is 3.36. The lowest BCUT2D eigenvalue weighted by Gasteiger charge is -2.17.